The molecule has 0 bridgehead atoms. The number of aryl methyl sites for hydroxylation is 3. The van der Waals surface area contributed by atoms with E-state index in [9.17, 15) is 0 Å². The van der Waals surface area contributed by atoms with E-state index in [4.69, 9.17) is 5.73 Å². The summed E-state index contributed by atoms with van der Waals surface area (Å²) >= 11 is 0. The van der Waals surface area contributed by atoms with Crippen molar-refractivity contribution in [1.29, 1.82) is 0 Å². The first-order chi connectivity index (χ1) is 8.72. The maximum absolute atomic E-state index is 5.80. The second-order valence-corrected chi connectivity index (χ2v) is 5.55. The lowest BCUT2D eigenvalue weighted by Crippen LogP contribution is -2.14. The molecule has 0 atom stereocenters. The lowest BCUT2D eigenvalue weighted by Gasteiger charge is -2.15. The topological polar surface area (TPSA) is 30.9 Å². The van der Waals surface area contributed by atoms with Crippen molar-refractivity contribution in [3.8, 4) is 0 Å². The molecule has 0 saturated heterocycles. The quantitative estimate of drug-likeness (QED) is 0.862. The number of hydrogen-bond donors (Lipinski definition) is 1. The van der Waals surface area contributed by atoms with Gasteiger partial charge >= 0.3 is 0 Å². The van der Waals surface area contributed by atoms with E-state index in [1.165, 1.54) is 47.7 Å². The summed E-state index contributed by atoms with van der Waals surface area (Å²) < 4.78 is 2.48. The molecule has 2 nitrogen and oxygen atoms in total. The normalized spacial score (nSPS) is 15.1. The molecule has 0 radical (unpaired) electrons. The third-order valence-electron chi connectivity index (χ3n) is 4.17. The van der Waals surface area contributed by atoms with Crippen molar-refractivity contribution in [1.82, 2.24) is 4.57 Å². The van der Waals surface area contributed by atoms with Gasteiger partial charge in [0.15, 0.2) is 0 Å². The summed E-state index contributed by atoms with van der Waals surface area (Å²) in [5.74, 6) is 0. The molecule has 0 amide bonds. The molecule has 18 heavy (non-hydrogen) atoms. The number of rotatable bonds is 2. The Kier molecular flexibility index (Phi) is 2.90. The van der Waals surface area contributed by atoms with Crippen molar-refractivity contribution < 1.29 is 0 Å². The van der Waals surface area contributed by atoms with Crippen molar-refractivity contribution in [2.45, 2.75) is 46.1 Å². The molecule has 1 aromatic heterocycles. The van der Waals surface area contributed by atoms with Crippen LogP contribution < -0.4 is 5.73 Å². The minimum Gasteiger partial charge on any atom is -0.343 e. The lowest BCUT2D eigenvalue weighted by molar-refractivity contribution is 0.617. The molecular formula is C16H22N2. The van der Waals surface area contributed by atoms with Gasteiger partial charge in [0.1, 0.15) is 0 Å². The zero-order valence-corrected chi connectivity index (χ0v) is 11.4. The fourth-order valence-electron chi connectivity index (χ4n) is 3.54. The third-order valence-corrected chi connectivity index (χ3v) is 4.17. The zero-order chi connectivity index (χ0) is 12.7. The van der Waals surface area contributed by atoms with Gasteiger partial charge in [-0.1, -0.05) is 6.07 Å². The molecule has 3 rings (SSSR count). The van der Waals surface area contributed by atoms with Crippen LogP contribution in [0.5, 0.6) is 0 Å². The van der Waals surface area contributed by atoms with E-state index in [-0.39, 0.29) is 0 Å². The molecular weight excluding hydrogens is 220 g/mol. The number of fused-ring (bicyclic) bond motifs is 3. The molecule has 0 spiro atoms. The molecule has 1 aromatic carbocycles. The highest BCUT2D eigenvalue weighted by molar-refractivity contribution is 5.89. The Morgan fingerprint density at radius 2 is 1.94 bits per heavy atom. The molecule has 0 aliphatic heterocycles. The first kappa shape index (κ1) is 11.8. The zero-order valence-electron chi connectivity index (χ0n) is 11.4. The molecule has 2 heteroatoms. The van der Waals surface area contributed by atoms with Crippen molar-refractivity contribution in [3.05, 3.63) is 34.5 Å². The third kappa shape index (κ3) is 1.67. The second-order valence-electron chi connectivity index (χ2n) is 5.55. The molecule has 2 aromatic rings. The minimum absolute atomic E-state index is 0.725. The van der Waals surface area contributed by atoms with Crippen molar-refractivity contribution in [2.24, 2.45) is 5.73 Å². The van der Waals surface area contributed by atoms with Gasteiger partial charge in [-0.3, -0.25) is 0 Å². The highest BCUT2D eigenvalue weighted by atomic mass is 15.0. The van der Waals surface area contributed by atoms with Crippen LogP contribution in [-0.2, 0) is 19.4 Å². The van der Waals surface area contributed by atoms with Crippen LogP contribution in [0.2, 0.25) is 0 Å². The van der Waals surface area contributed by atoms with E-state index in [0.29, 0.717) is 0 Å². The summed E-state index contributed by atoms with van der Waals surface area (Å²) in [5.41, 5.74) is 13.1. The van der Waals surface area contributed by atoms with Crippen LogP contribution >= 0.6 is 0 Å². The Hall–Kier alpha value is -1.28. The van der Waals surface area contributed by atoms with E-state index in [2.05, 4.69) is 30.5 Å². The van der Waals surface area contributed by atoms with Gasteiger partial charge in [-0.15, -0.1) is 0 Å². The van der Waals surface area contributed by atoms with Crippen LogP contribution in [0.4, 0.5) is 0 Å². The van der Waals surface area contributed by atoms with Crippen molar-refractivity contribution >= 4 is 10.9 Å². The van der Waals surface area contributed by atoms with Crippen LogP contribution in [0.15, 0.2) is 12.1 Å². The summed E-state index contributed by atoms with van der Waals surface area (Å²) in [7, 11) is 0. The van der Waals surface area contributed by atoms with Crippen LogP contribution in [0, 0.1) is 13.8 Å². The SMILES string of the molecule is Cc1cc(C)c2c3c(n(CCN)c2c1)CCCC3. The van der Waals surface area contributed by atoms with E-state index in [0.717, 1.165) is 13.1 Å². The van der Waals surface area contributed by atoms with Crippen LogP contribution in [0.3, 0.4) is 0 Å². The van der Waals surface area contributed by atoms with Gasteiger partial charge in [0.05, 0.1) is 0 Å². The maximum atomic E-state index is 5.80. The smallest absolute Gasteiger partial charge is 0.0491 e. The highest BCUT2D eigenvalue weighted by Gasteiger charge is 2.20. The molecule has 1 aliphatic rings. The number of aromatic nitrogens is 1. The molecule has 1 heterocycles. The Morgan fingerprint density at radius 3 is 2.72 bits per heavy atom. The van der Waals surface area contributed by atoms with Crippen molar-refractivity contribution in [2.75, 3.05) is 6.54 Å². The Balaban J connectivity index is 2.36. The summed E-state index contributed by atoms with van der Waals surface area (Å²) in [4.78, 5) is 0. The summed E-state index contributed by atoms with van der Waals surface area (Å²) in [5, 5.41) is 1.50. The molecule has 0 unspecified atom stereocenters. The number of nitrogens with zero attached hydrogens (tertiary/aromatic N) is 1. The van der Waals surface area contributed by atoms with Crippen LogP contribution in [-0.4, -0.2) is 11.1 Å². The van der Waals surface area contributed by atoms with Crippen LogP contribution in [0.25, 0.3) is 10.9 Å². The average Bonchev–Trinajstić information content (AvgIpc) is 2.65. The molecule has 96 valence electrons. The summed E-state index contributed by atoms with van der Waals surface area (Å²) in [6, 6.07) is 4.64. The van der Waals surface area contributed by atoms with Gasteiger partial charge in [0, 0.05) is 29.7 Å². The predicted octanol–water partition coefficient (Wildman–Crippen LogP) is 3.10. The fraction of sp³-hybridized carbons (Fsp3) is 0.500. The maximum Gasteiger partial charge on any atom is 0.0491 e. The molecule has 0 saturated carbocycles. The van der Waals surface area contributed by atoms with E-state index >= 15 is 0 Å². The van der Waals surface area contributed by atoms with E-state index < -0.39 is 0 Å². The van der Waals surface area contributed by atoms with E-state index in [1.807, 2.05) is 0 Å². The van der Waals surface area contributed by atoms with Gasteiger partial charge in [0.2, 0.25) is 0 Å². The Morgan fingerprint density at radius 1 is 1.17 bits per heavy atom. The summed E-state index contributed by atoms with van der Waals surface area (Å²) in [6.07, 6.45) is 5.13. The van der Waals surface area contributed by atoms with Gasteiger partial charge in [-0.05, 0) is 62.3 Å². The summed E-state index contributed by atoms with van der Waals surface area (Å²) in [6.45, 7) is 6.11. The first-order valence-electron chi connectivity index (χ1n) is 7.03. The Bertz CT molecular complexity index is 593. The second kappa shape index (κ2) is 4.43. The average molecular weight is 242 g/mol. The molecule has 2 N–H and O–H groups in total. The monoisotopic (exact) mass is 242 g/mol. The predicted molar refractivity (Wildman–Crippen MR) is 77.1 cm³/mol. The molecule has 1 aliphatic carbocycles. The van der Waals surface area contributed by atoms with Gasteiger partial charge < -0.3 is 10.3 Å². The largest absolute Gasteiger partial charge is 0.343 e. The molecule has 0 fully saturated rings. The van der Waals surface area contributed by atoms with Gasteiger partial charge in [0.25, 0.3) is 0 Å². The highest BCUT2D eigenvalue weighted by Crippen LogP contribution is 2.34. The number of benzene rings is 1. The van der Waals surface area contributed by atoms with E-state index in [1.54, 1.807) is 11.3 Å². The van der Waals surface area contributed by atoms with Crippen LogP contribution in [0.1, 0.15) is 35.2 Å². The standard InChI is InChI=1S/C16H22N2/c1-11-9-12(2)16-13-5-3-4-6-14(13)18(8-7-17)15(16)10-11/h9-10H,3-8,17H2,1-2H3. The van der Waals surface area contributed by atoms with Crippen molar-refractivity contribution in [3.63, 3.8) is 0 Å². The van der Waals surface area contributed by atoms with Gasteiger partial charge in [-0.2, -0.15) is 0 Å². The Labute approximate surface area is 109 Å². The van der Waals surface area contributed by atoms with Gasteiger partial charge in [-0.25, -0.2) is 0 Å². The number of hydrogen-bond acceptors (Lipinski definition) is 1. The number of nitrogens with two attached hydrogens (primary N) is 1. The first-order valence-corrected chi connectivity index (χ1v) is 7.03. The fourth-order valence-corrected chi connectivity index (χ4v) is 3.54. The minimum atomic E-state index is 0.725. The lowest BCUT2D eigenvalue weighted by atomic mass is 9.93.